The van der Waals surface area contributed by atoms with E-state index in [-0.39, 0.29) is 5.91 Å². The van der Waals surface area contributed by atoms with Gasteiger partial charge < -0.3 is 11.1 Å². The van der Waals surface area contributed by atoms with Gasteiger partial charge in [0, 0.05) is 16.6 Å². The Labute approximate surface area is 129 Å². The average molecular weight is 312 g/mol. The molecule has 1 amide bonds. The summed E-state index contributed by atoms with van der Waals surface area (Å²) in [7, 11) is 0. The van der Waals surface area contributed by atoms with Gasteiger partial charge in [0.25, 0.3) is 0 Å². The number of anilines is 1. The summed E-state index contributed by atoms with van der Waals surface area (Å²) in [6.07, 6.45) is 1.86. The minimum Gasteiger partial charge on any atom is -0.393 e. The first kappa shape index (κ1) is 15.2. The number of hydrogen-bond acceptors (Lipinski definition) is 3. The molecule has 1 aliphatic heterocycles. The van der Waals surface area contributed by atoms with Gasteiger partial charge in [-0.3, -0.25) is 9.69 Å². The third-order valence-corrected chi connectivity index (χ3v) is 4.03. The Kier molecular flexibility index (Phi) is 5.34. The van der Waals surface area contributed by atoms with E-state index in [2.05, 4.69) is 10.2 Å². The van der Waals surface area contributed by atoms with E-state index in [9.17, 15) is 4.79 Å². The highest BCUT2D eigenvalue weighted by Crippen LogP contribution is 2.18. The van der Waals surface area contributed by atoms with Crippen LogP contribution in [0.2, 0.25) is 5.02 Å². The van der Waals surface area contributed by atoms with Crippen LogP contribution < -0.4 is 11.1 Å². The topological polar surface area (TPSA) is 58.4 Å². The number of halogens is 1. The van der Waals surface area contributed by atoms with Crippen molar-refractivity contribution in [2.75, 3.05) is 25.0 Å². The van der Waals surface area contributed by atoms with E-state index in [1.54, 1.807) is 12.1 Å². The molecule has 0 atom stereocenters. The van der Waals surface area contributed by atoms with E-state index in [1.165, 1.54) is 0 Å². The Morgan fingerprint density at radius 3 is 2.75 bits per heavy atom. The molecule has 20 heavy (non-hydrogen) atoms. The van der Waals surface area contributed by atoms with Crippen LogP contribution in [-0.2, 0) is 4.79 Å². The van der Waals surface area contributed by atoms with Gasteiger partial charge in [0.05, 0.1) is 11.5 Å². The van der Waals surface area contributed by atoms with Crippen molar-refractivity contribution in [3.05, 3.63) is 29.3 Å². The molecule has 1 heterocycles. The van der Waals surface area contributed by atoms with E-state index in [0.29, 0.717) is 22.5 Å². The Morgan fingerprint density at radius 2 is 2.15 bits per heavy atom. The largest absolute Gasteiger partial charge is 0.393 e. The van der Waals surface area contributed by atoms with Crippen LogP contribution in [0.5, 0.6) is 0 Å². The van der Waals surface area contributed by atoms with Crippen molar-refractivity contribution in [1.29, 1.82) is 0 Å². The summed E-state index contributed by atoms with van der Waals surface area (Å²) in [4.78, 5) is 14.7. The summed E-state index contributed by atoms with van der Waals surface area (Å²) < 4.78 is 0. The zero-order valence-corrected chi connectivity index (χ0v) is 12.7. The average Bonchev–Trinajstić information content (AvgIpc) is 2.39. The van der Waals surface area contributed by atoms with Gasteiger partial charge in [0.15, 0.2) is 0 Å². The molecule has 1 aliphatic rings. The second-order valence-electron chi connectivity index (χ2n) is 5.01. The fourth-order valence-corrected chi connectivity index (χ4v) is 2.77. The van der Waals surface area contributed by atoms with Gasteiger partial charge in [-0.05, 0) is 44.1 Å². The van der Waals surface area contributed by atoms with E-state index >= 15 is 0 Å². The molecule has 3 N–H and O–H groups in total. The van der Waals surface area contributed by atoms with Crippen LogP contribution in [0, 0.1) is 5.92 Å². The Morgan fingerprint density at radius 1 is 1.45 bits per heavy atom. The first-order valence-electron chi connectivity index (χ1n) is 6.61. The summed E-state index contributed by atoms with van der Waals surface area (Å²) in [5.41, 5.74) is 6.37. The molecular weight excluding hydrogens is 294 g/mol. The van der Waals surface area contributed by atoms with Gasteiger partial charge in [-0.2, -0.15) is 0 Å². The molecule has 1 fully saturated rings. The summed E-state index contributed by atoms with van der Waals surface area (Å²) in [6.45, 7) is 2.09. The van der Waals surface area contributed by atoms with Crippen molar-refractivity contribution in [2.24, 2.45) is 11.7 Å². The third-order valence-electron chi connectivity index (χ3n) is 3.47. The van der Waals surface area contributed by atoms with Crippen molar-refractivity contribution in [3.63, 3.8) is 0 Å². The number of hydrogen-bond donors (Lipinski definition) is 2. The maximum absolute atomic E-state index is 12.0. The summed E-state index contributed by atoms with van der Waals surface area (Å²) in [6, 6.07) is 7.14. The van der Waals surface area contributed by atoms with Crippen LogP contribution in [0.3, 0.4) is 0 Å². The predicted molar refractivity (Wildman–Crippen MR) is 86.0 cm³/mol. The molecule has 108 valence electrons. The van der Waals surface area contributed by atoms with E-state index in [4.69, 9.17) is 29.6 Å². The van der Waals surface area contributed by atoms with Gasteiger partial charge in [-0.15, -0.1) is 0 Å². The minimum atomic E-state index is -0.0268. The van der Waals surface area contributed by atoms with Gasteiger partial charge in [-0.25, -0.2) is 0 Å². The summed E-state index contributed by atoms with van der Waals surface area (Å²) in [5.74, 6) is 0.290. The Balaban J connectivity index is 1.80. The lowest BCUT2D eigenvalue weighted by Gasteiger charge is -2.30. The highest BCUT2D eigenvalue weighted by Gasteiger charge is 2.22. The van der Waals surface area contributed by atoms with Crippen LogP contribution in [0.1, 0.15) is 12.8 Å². The maximum Gasteiger partial charge on any atom is 0.238 e. The van der Waals surface area contributed by atoms with Gasteiger partial charge in [-0.1, -0.05) is 29.9 Å². The molecule has 6 heteroatoms. The molecule has 0 saturated carbocycles. The molecule has 1 aromatic carbocycles. The van der Waals surface area contributed by atoms with Crippen molar-refractivity contribution >= 4 is 40.4 Å². The number of nitrogens with two attached hydrogens (primary N) is 1. The van der Waals surface area contributed by atoms with E-state index < -0.39 is 0 Å². The van der Waals surface area contributed by atoms with Gasteiger partial charge in [0.1, 0.15) is 0 Å². The van der Waals surface area contributed by atoms with Crippen molar-refractivity contribution in [1.82, 2.24) is 4.90 Å². The number of likely N-dealkylation sites (tertiary alicyclic amines) is 1. The fraction of sp³-hybridized carbons (Fsp3) is 0.429. The van der Waals surface area contributed by atoms with Gasteiger partial charge in [0.2, 0.25) is 5.91 Å². The molecule has 4 nitrogen and oxygen atoms in total. The van der Waals surface area contributed by atoms with E-state index in [1.807, 2.05) is 12.1 Å². The number of nitrogens with one attached hydrogen (secondary N) is 1. The molecular formula is C14H18ClN3OS. The third kappa shape index (κ3) is 4.44. The first-order chi connectivity index (χ1) is 9.54. The number of amides is 1. The van der Waals surface area contributed by atoms with Crippen LogP contribution in [0.25, 0.3) is 0 Å². The second-order valence-corrected chi connectivity index (χ2v) is 5.92. The Bertz CT molecular complexity index is 501. The molecule has 0 unspecified atom stereocenters. The maximum atomic E-state index is 12.0. The monoisotopic (exact) mass is 311 g/mol. The molecule has 2 rings (SSSR count). The van der Waals surface area contributed by atoms with Crippen molar-refractivity contribution in [2.45, 2.75) is 12.8 Å². The molecule has 1 saturated heterocycles. The molecule has 0 radical (unpaired) electrons. The standard InChI is InChI=1S/C14H18ClN3OS/c15-11-2-1-3-12(8-11)17-13(19)9-18-6-4-10(5-7-18)14(16)20/h1-3,8,10H,4-7,9H2,(H2,16,20)(H,17,19). The highest BCUT2D eigenvalue weighted by molar-refractivity contribution is 7.80. The van der Waals surface area contributed by atoms with Crippen molar-refractivity contribution < 1.29 is 4.79 Å². The summed E-state index contributed by atoms with van der Waals surface area (Å²) >= 11 is 10.9. The van der Waals surface area contributed by atoms with Crippen LogP contribution in [0.4, 0.5) is 5.69 Å². The zero-order chi connectivity index (χ0) is 14.5. The number of rotatable bonds is 4. The smallest absolute Gasteiger partial charge is 0.238 e. The normalized spacial score (nSPS) is 16.9. The lowest BCUT2D eigenvalue weighted by molar-refractivity contribution is -0.117. The fourth-order valence-electron chi connectivity index (χ4n) is 2.35. The molecule has 1 aromatic rings. The minimum absolute atomic E-state index is 0.0268. The number of piperidine rings is 1. The van der Waals surface area contributed by atoms with Crippen LogP contribution in [-0.4, -0.2) is 35.4 Å². The molecule has 0 aliphatic carbocycles. The SMILES string of the molecule is NC(=S)C1CCN(CC(=O)Nc2cccc(Cl)c2)CC1. The predicted octanol–water partition coefficient (Wildman–Crippen LogP) is 2.28. The quantitative estimate of drug-likeness (QED) is 0.838. The lowest BCUT2D eigenvalue weighted by Crippen LogP contribution is -2.41. The van der Waals surface area contributed by atoms with Crippen LogP contribution in [0.15, 0.2) is 24.3 Å². The highest BCUT2D eigenvalue weighted by atomic mass is 35.5. The summed E-state index contributed by atoms with van der Waals surface area (Å²) in [5, 5.41) is 3.46. The van der Waals surface area contributed by atoms with Crippen LogP contribution >= 0.6 is 23.8 Å². The lowest BCUT2D eigenvalue weighted by atomic mass is 9.97. The molecule has 0 spiro atoms. The number of thiocarbonyl (C=S) groups is 1. The first-order valence-corrected chi connectivity index (χ1v) is 7.40. The second kappa shape index (κ2) is 7.02. The molecule has 0 aromatic heterocycles. The number of carbonyl (C=O) groups is 1. The van der Waals surface area contributed by atoms with Crippen molar-refractivity contribution in [3.8, 4) is 0 Å². The number of benzene rings is 1. The Hall–Kier alpha value is -1.17. The zero-order valence-electron chi connectivity index (χ0n) is 11.1. The van der Waals surface area contributed by atoms with E-state index in [0.717, 1.165) is 31.6 Å². The number of carbonyl (C=O) groups excluding carboxylic acids is 1. The van der Waals surface area contributed by atoms with Gasteiger partial charge >= 0.3 is 0 Å². The number of nitrogens with zero attached hydrogens (tertiary/aromatic N) is 1. The molecule has 0 bridgehead atoms.